The van der Waals surface area contributed by atoms with Gasteiger partial charge in [-0.3, -0.25) is 5.21 Å². The molecule has 2 heterocycles. The Labute approximate surface area is 67.5 Å². The number of pyridine rings is 1. The fourth-order valence-electron chi connectivity index (χ4n) is 1.00. The second kappa shape index (κ2) is 2.17. The Morgan fingerprint density at radius 2 is 2.45 bits per heavy atom. The van der Waals surface area contributed by atoms with Gasteiger partial charge in [-0.05, 0) is 0 Å². The molecule has 0 fully saturated rings. The molecule has 0 radical (unpaired) electrons. The van der Waals surface area contributed by atoms with Crippen molar-refractivity contribution in [3.05, 3.63) is 23.5 Å². The fraction of sp³-hybridized carbons (Fsp3) is 0.143. The Hall–Kier alpha value is -1.16. The Bertz CT molecular complexity index is 396. The van der Waals surface area contributed by atoms with Crippen LogP contribution in [0, 0.1) is 6.92 Å². The van der Waals surface area contributed by atoms with Gasteiger partial charge in [-0.1, -0.05) is 0 Å². The van der Waals surface area contributed by atoms with Gasteiger partial charge >= 0.3 is 0 Å². The lowest BCUT2D eigenvalue weighted by molar-refractivity contribution is -0.907. The maximum Gasteiger partial charge on any atom is 0.257 e. The van der Waals surface area contributed by atoms with Gasteiger partial charge < -0.3 is 0 Å². The van der Waals surface area contributed by atoms with Gasteiger partial charge in [0.2, 0.25) is 6.20 Å². The molecule has 0 aliphatic rings. The topological polar surface area (TPSA) is 37.0 Å². The second-order valence-electron chi connectivity index (χ2n) is 2.31. The van der Waals surface area contributed by atoms with Crippen molar-refractivity contribution in [2.45, 2.75) is 6.92 Å². The van der Waals surface area contributed by atoms with Crippen molar-refractivity contribution in [3.8, 4) is 0 Å². The molecule has 0 saturated heterocycles. The molecule has 0 aromatic carbocycles. The summed E-state index contributed by atoms with van der Waals surface area (Å²) in [4.78, 5) is 4.12. The van der Waals surface area contributed by atoms with Gasteiger partial charge in [0, 0.05) is 17.7 Å². The van der Waals surface area contributed by atoms with E-state index in [0.29, 0.717) is 0 Å². The Balaban J connectivity index is 2.93. The van der Waals surface area contributed by atoms with Crippen LogP contribution in [0.5, 0.6) is 0 Å². The Morgan fingerprint density at radius 3 is 3.27 bits per heavy atom. The number of hydrogen-bond donors (Lipinski definition) is 1. The van der Waals surface area contributed by atoms with E-state index < -0.39 is 0 Å². The van der Waals surface area contributed by atoms with Crippen LogP contribution in [-0.4, -0.2) is 10.2 Å². The number of rotatable bonds is 0. The molecule has 4 heteroatoms. The fourth-order valence-corrected chi connectivity index (χ4v) is 1.73. The van der Waals surface area contributed by atoms with Gasteiger partial charge in [-0.25, -0.2) is 4.98 Å². The van der Waals surface area contributed by atoms with Gasteiger partial charge in [0.25, 0.3) is 5.69 Å². The highest BCUT2D eigenvalue weighted by molar-refractivity contribution is 7.16. The van der Waals surface area contributed by atoms with Crippen molar-refractivity contribution in [1.82, 2.24) is 4.98 Å². The summed E-state index contributed by atoms with van der Waals surface area (Å²) in [6.07, 6.45) is 1.62. The number of hydrogen-bond acceptors (Lipinski definition) is 3. The minimum absolute atomic E-state index is 0.781. The second-order valence-corrected chi connectivity index (χ2v) is 3.20. The van der Waals surface area contributed by atoms with Crippen LogP contribution in [0.1, 0.15) is 5.69 Å². The summed E-state index contributed by atoms with van der Waals surface area (Å²) in [5, 5.41) is 9.22. The van der Waals surface area contributed by atoms with Crippen LogP contribution < -0.4 is 4.73 Å². The zero-order chi connectivity index (χ0) is 7.84. The van der Waals surface area contributed by atoms with Crippen molar-refractivity contribution in [3.63, 3.8) is 0 Å². The smallest absolute Gasteiger partial charge is 0.257 e. The molecule has 2 rings (SSSR count). The van der Waals surface area contributed by atoms with E-state index in [1.165, 1.54) is 0 Å². The van der Waals surface area contributed by atoms with E-state index in [2.05, 4.69) is 4.98 Å². The van der Waals surface area contributed by atoms with E-state index in [1.807, 2.05) is 13.0 Å². The Morgan fingerprint density at radius 1 is 1.64 bits per heavy atom. The molecule has 0 unspecified atom stereocenters. The third kappa shape index (κ3) is 0.867. The molecule has 2 aromatic rings. The van der Waals surface area contributed by atoms with Crippen LogP contribution in [0.25, 0.3) is 10.2 Å². The van der Waals surface area contributed by atoms with Gasteiger partial charge in [0.05, 0.1) is 10.2 Å². The predicted octanol–water partition coefficient (Wildman–Crippen LogP) is 1.13. The maximum absolute atomic E-state index is 9.22. The third-order valence-electron chi connectivity index (χ3n) is 1.65. The normalized spacial score (nSPS) is 10.6. The number of aryl methyl sites for hydroxylation is 1. The van der Waals surface area contributed by atoms with Gasteiger partial charge in [-0.15, -0.1) is 11.3 Å². The first-order valence-electron chi connectivity index (χ1n) is 3.23. The first-order chi connectivity index (χ1) is 5.29. The first-order valence-corrected chi connectivity index (χ1v) is 4.11. The average Bonchev–Trinajstić information content (AvgIpc) is 2.45. The highest BCUT2D eigenvalue weighted by atomic mass is 32.1. The molecular formula is C7H7N2OS+. The van der Waals surface area contributed by atoms with Crippen molar-refractivity contribution < 1.29 is 9.94 Å². The van der Waals surface area contributed by atoms with Crippen LogP contribution >= 0.6 is 11.3 Å². The van der Waals surface area contributed by atoms with Gasteiger partial charge in [0.1, 0.15) is 0 Å². The number of thiazole rings is 1. The van der Waals surface area contributed by atoms with Gasteiger partial charge in [-0.2, -0.15) is 0 Å². The molecule has 0 bridgehead atoms. The Kier molecular flexibility index (Phi) is 1.29. The van der Waals surface area contributed by atoms with E-state index in [1.54, 1.807) is 23.0 Å². The van der Waals surface area contributed by atoms with Crippen LogP contribution in [-0.2, 0) is 0 Å². The minimum Gasteiger partial charge on any atom is -0.285 e. The van der Waals surface area contributed by atoms with Crippen molar-refractivity contribution in [2.75, 3.05) is 0 Å². The summed E-state index contributed by atoms with van der Waals surface area (Å²) in [5.74, 6) is 0. The zero-order valence-electron chi connectivity index (χ0n) is 5.98. The number of aromatic nitrogens is 2. The van der Waals surface area contributed by atoms with Crippen molar-refractivity contribution in [1.29, 1.82) is 0 Å². The predicted molar refractivity (Wildman–Crippen MR) is 41.7 cm³/mol. The summed E-state index contributed by atoms with van der Waals surface area (Å²) in [6.45, 7) is 1.84. The molecule has 0 spiro atoms. The molecule has 3 nitrogen and oxygen atoms in total. The van der Waals surface area contributed by atoms with Crippen LogP contribution in [0.2, 0.25) is 0 Å². The number of fused-ring (bicyclic) bond motifs is 1. The first kappa shape index (κ1) is 6.54. The molecule has 0 aliphatic carbocycles. The summed E-state index contributed by atoms with van der Waals surface area (Å²) in [5.41, 5.74) is 3.43. The molecule has 2 aromatic heterocycles. The monoisotopic (exact) mass is 167 g/mol. The molecule has 0 amide bonds. The minimum atomic E-state index is 0.781. The summed E-state index contributed by atoms with van der Waals surface area (Å²) in [7, 11) is 0. The summed E-state index contributed by atoms with van der Waals surface area (Å²) in [6, 6.07) is 1.85. The van der Waals surface area contributed by atoms with Crippen LogP contribution in [0.15, 0.2) is 17.8 Å². The average molecular weight is 167 g/mol. The summed E-state index contributed by atoms with van der Waals surface area (Å²) >= 11 is 1.57. The van der Waals surface area contributed by atoms with E-state index in [4.69, 9.17) is 0 Å². The maximum atomic E-state index is 9.22. The molecule has 0 saturated carbocycles. The van der Waals surface area contributed by atoms with E-state index in [9.17, 15) is 5.21 Å². The van der Waals surface area contributed by atoms with Crippen molar-refractivity contribution in [2.24, 2.45) is 0 Å². The lowest BCUT2D eigenvalue weighted by atomic mass is 10.3. The quantitative estimate of drug-likeness (QED) is 0.471. The van der Waals surface area contributed by atoms with Crippen LogP contribution in [0.4, 0.5) is 0 Å². The van der Waals surface area contributed by atoms with Crippen LogP contribution in [0.3, 0.4) is 0 Å². The SMILES string of the molecule is Cc1c2ncsc2cc[n+]1O. The lowest BCUT2D eigenvalue weighted by Crippen LogP contribution is -2.32. The van der Waals surface area contributed by atoms with E-state index in [0.717, 1.165) is 20.6 Å². The van der Waals surface area contributed by atoms with Gasteiger partial charge in [0.15, 0.2) is 5.52 Å². The van der Waals surface area contributed by atoms with E-state index in [-0.39, 0.29) is 0 Å². The number of nitrogens with zero attached hydrogens (tertiary/aromatic N) is 2. The molecular weight excluding hydrogens is 160 g/mol. The standard InChI is InChI=1S/C7H7N2OS/c1-5-7-6(11-4-8-7)2-3-9(5)10/h2-4,10H,1H3/q+1. The highest BCUT2D eigenvalue weighted by Gasteiger charge is 2.10. The zero-order valence-corrected chi connectivity index (χ0v) is 6.80. The highest BCUT2D eigenvalue weighted by Crippen LogP contribution is 2.16. The largest absolute Gasteiger partial charge is 0.285 e. The molecule has 0 atom stereocenters. The van der Waals surface area contributed by atoms with E-state index >= 15 is 0 Å². The molecule has 56 valence electrons. The molecule has 11 heavy (non-hydrogen) atoms. The molecule has 1 N–H and O–H groups in total. The third-order valence-corrected chi connectivity index (χ3v) is 2.44. The molecule has 0 aliphatic heterocycles. The summed E-state index contributed by atoms with van der Waals surface area (Å²) < 4.78 is 2.19. The van der Waals surface area contributed by atoms with Crippen molar-refractivity contribution >= 4 is 21.6 Å². The lowest BCUT2D eigenvalue weighted by Gasteiger charge is -1.88.